The van der Waals surface area contributed by atoms with Crippen LogP contribution in [0.2, 0.25) is 0 Å². The van der Waals surface area contributed by atoms with Crippen molar-refractivity contribution in [1.29, 1.82) is 0 Å². The third-order valence-electron chi connectivity index (χ3n) is 5.69. The molecule has 1 atom stereocenters. The van der Waals surface area contributed by atoms with Crippen LogP contribution in [0.3, 0.4) is 0 Å². The monoisotopic (exact) mass is 432 g/mol. The van der Waals surface area contributed by atoms with Crippen LogP contribution < -0.4 is 5.32 Å². The summed E-state index contributed by atoms with van der Waals surface area (Å²) in [7, 11) is 0. The number of para-hydroxylation sites is 1. The molecule has 1 N–H and O–H groups in total. The molecule has 7 heteroatoms. The van der Waals surface area contributed by atoms with Crippen molar-refractivity contribution >= 4 is 28.6 Å². The number of amides is 1. The number of nitrogens with zero attached hydrogens (tertiary/aromatic N) is 3. The molecule has 7 nitrogen and oxygen atoms in total. The molecular weight excluding hydrogens is 404 g/mol. The number of hydrogen-bond donors (Lipinski definition) is 1. The Morgan fingerprint density at radius 1 is 1.25 bits per heavy atom. The Bertz CT molecular complexity index is 1160. The number of pyridine rings is 2. The number of carbonyl (C=O) groups excluding carboxylic acids is 2. The number of fused-ring (bicyclic) bond motifs is 2. The Balaban J connectivity index is 1.61. The first kappa shape index (κ1) is 21.9. The van der Waals surface area contributed by atoms with Gasteiger partial charge in [-0.15, -0.1) is 0 Å². The number of aromatic nitrogens is 2. The maximum Gasteiger partial charge on any atom is 0.339 e. The standard InChI is InChI=1S/C25H28N4O3/c1-4-12-29-13-10-21-19(15-29)23(18-7-5-6-8-20(18)27-21)25(31)32-17(3)24(30)28-22-14-16(2)9-11-26-22/h5-9,11,14,17H,4,10,12-13,15H2,1-3H3,(H,26,28,30). The van der Waals surface area contributed by atoms with Crippen molar-refractivity contribution < 1.29 is 14.3 Å². The minimum Gasteiger partial charge on any atom is -0.449 e. The minimum absolute atomic E-state index is 0.420. The Morgan fingerprint density at radius 3 is 2.84 bits per heavy atom. The molecular formula is C25H28N4O3. The summed E-state index contributed by atoms with van der Waals surface area (Å²) < 4.78 is 5.65. The minimum atomic E-state index is -0.970. The lowest BCUT2D eigenvalue weighted by molar-refractivity contribution is -0.123. The first-order valence-corrected chi connectivity index (χ1v) is 11.0. The zero-order valence-corrected chi connectivity index (χ0v) is 18.7. The highest BCUT2D eigenvalue weighted by molar-refractivity contribution is 6.06. The van der Waals surface area contributed by atoms with E-state index in [1.54, 1.807) is 19.2 Å². The fourth-order valence-corrected chi connectivity index (χ4v) is 4.09. The highest BCUT2D eigenvalue weighted by atomic mass is 16.5. The number of nitrogens with one attached hydrogen (secondary N) is 1. The molecule has 0 bridgehead atoms. The second-order valence-electron chi connectivity index (χ2n) is 8.21. The predicted octanol–water partition coefficient (Wildman–Crippen LogP) is 3.89. The number of ether oxygens (including phenoxy) is 1. The van der Waals surface area contributed by atoms with E-state index >= 15 is 0 Å². The van der Waals surface area contributed by atoms with Gasteiger partial charge < -0.3 is 10.1 Å². The van der Waals surface area contributed by atoms with Crippen molar-refractivity contribution in [2.75, 3.05) is 18.4 Å². The van der Waals surface area contributed by atoms with Gasteiger partial charge in [0.1, 0.15) is 5.82 Å². The molecule has 1 aliphatic rings. The molecule has 1 aliphatic heterocycles. The highest BCUT2D eigenvalue weighted by Gasteiger charge is 2.28. The van der Waals surface area contributed by atoms with Gasteiger partial charge in [-0.2, -0.15) is 0 Å². The van der Waals surface area contributed by atoms with Crippen LogP contribution in [0.1, 0.15) is 47.4 Å². The highest BCUT2D eigenvalue weighted by Crippen LogP contribution is 2.29. The lowest BCUT2D eigenvalue weighted by Crippen LogP contribution is -2.34. The molecule has 0 radical (unpaired) electrons. The molecule has 0 saturated carbocycles. The van der Waals surface area contributed by atoms with Crippen LogP contribution >= 0.6 is 0 Å². The first-order chi connectivity index (χ1) is 15.5. The summed E-state index contributed by atoms with van der Waals surface area (Å²) in [5.41, 5.74) is 4.10. The second kappa shape index (κ2) is 9.44. The molecule has 166 valence electrons. The van der Waals surface area contributed by atoms with Gasteiger partial charge in [0.2, 0.25) is 0 Å². The molecule has 0 fully saturated rings. The maximum atomic E-state index is 13.4. The predicted molar refractivity (Wildman–Crippen MR) is 123 cm³/mol. The van der Waals surface area contributed by atoms with E-state index in [0.29, 0.717) is 17.9 Å². The van der Waals surface area contributed by atoms with Gasteiger partial charge >= 0.3 is 5.97 Å². The molecule has 1 amide bonds. The Labute approximate surface area is 187 Å². The van der Waals surface area contributed by atoms with Crippen molar-refractivity contribution in [3.05, 3.63) is 65.0 Å². The average molecular weight is 433 g/mol. The zero-order valence-electron chi connectivity index (χ0n) is 18.7. The lowest BCUT2D eigenvalue weighted by Gasteiger charge is -2.29. The van der Waals surface area contributed by atoms with E-state index in [0.717, 1.165) is 53.7 Å². The largest absolute Gasteiger partial charge is 0.449 e. The van der Waals surface area contributed by atoms with Crippen molar-refractivity contribution in [3.63, 3.8) is 0 Å². The smallest absolute Gasteiger partial charge is 0.339 e. The van der Waals surface area contributed by atoms with E-state index in [1.165, 1.54) is 0 Å². The number of benzene rings is 1. The first-order valence-electron chi connectivity index (χ1n) is 11.0. The van der Waals surface area contributed by atoms with Crippen molar-refractivity contribution in [3.8, 4) is 0 Å². The van der Waals surface area contributed by atoms with E-state index in [1.807, 2.05) is 37.3 Å². The molecule has 0 aliphatic carbocycles. The summed E-state index contributed by atoms with van der Waals surface area (Å²) in [6.45, 7) is 8.17. The van der Waals surface area contributed by atoms with Gasteiger partial charge in [0, 0.05) is 42.4 Å². The van der Waals surface area contributed by atoms with E-state index in [-0.39, 0.29) is 0 Å². The zero-order chi connectivity index (χ0) is 22.7. The molecule has 0 saturated heterocycles. The average Bonchev–Trinajstić information content (AvgIpc) is 2.77. The Kier molecular flexibility index (Phi) is 6.46. The summed E-state index contributed by atoms with van der Waals surface area (Å²) in [6.07, 6.45) is 2.48. The SMILES string of the molecule is CCCN1CCc2nc3ccccc3c(C(=O)OC(C)C(=O)Nc3cc(C)ccn3)c2C1. The molecule has 1 unspecified atom stereocenters. The van der Waals surface area contributed by atoms with Crippen LogP contribution in [0, 0.1) is 6.92 Å². The number of carbonyl (C=O) groups is 2. The van der Waals surface area contributed by atoms with Crippen LogP contribution in [0.25, 0.3) is 10.9 Å². The van der Waals surface area contributed by atoms with Crippen LogP contribution in [0.15, 0.2) is 42.6 Å². The summed E-state index contributed by atoms with van der Waals surface area (Å²) in [6, 6.07) is 11.2. The molecule has 3 heterocycles. The van der Waals surface area contributed by atoms with Gasteiger partial charge in [-0.25, -0.2) is 9.78 Å². The maximum absolute atomic E-state index is 13.4. The van der Waals surface area contributed by atoms with Gasteiger partial charge in [0.05, 0.1) is 11.1 Å². The van der Waals surface area contributed by atoms with Crippen LogP contribution in [0.4, 0.5) is 5.82 Å². The lowest BCUT2D eigenvalue weighted by atomic mass is 9.95. The third kappa shape index (κ3) is 4.62. The number of anilines is 1. The number of esters is 1. The van der Waals surface area contributed by atoms with Crippen molar-refractivity contribution in [2.45, 2.75) is 46.3 Å². The normalized spacial score (nSPS) is 14.6. The van der Waals surface area contributed by atoms with Crippen LogP contribution in [-0.4, -0.2) is 45.9 Å². The van der Waals surface area contributed by atoms with Crippen molar-refractivity contribution in [2.24, 2.45) is 0 Å². The number of hydrogen-bond acceptors (Lipinski definition) is 6. The fourth-order valence-electron chi connectivity index (χ4n) is 4.09. The Morgan fingerprint density at radius 2 is 2.06 bits per heavy atom. The summed E-state index contributed by atoms with van der Waals surface area (Å²) in [4.78, 5) is 37.3. The van der Waals surface area contributed by atoms with Gasteiger partial charge in [0.25, 0.3) is 5.91 Å². The number of rotatable bonds is 6. The van der Waals surface area contributed by atoms with E-state index in [2.05, 4.69) is 22.1 Å². The quantitative estimate of drug-likeness (QED) is 0.595. The molecule has 4 rings (SSSR count). The third-order valence-corrected chi connectivity index (χ3v) is 5.69. The molecule has 32 heavy (non-hydrogen) atoms. The van der Waals surface area contributed by atoms with Gasteiger partial charge in [0.15, 0.2) is 6.10 Å². The van der Waals surface area contributed by atoms with Gasteiger partial charge in [-0.05, 0) is 50.6 Å². The van der Waals surface area contributed by atoms with Gasteiger partial charge in [-0.1, -0.05) is 25.1 Å². The summed E-state index contributed by atoms with van der Waals surface area (Å²) in [5.74, 6) is -0.491. The number of aryl methyl sites for hydroxylation is 1. The summed E-state index contributed by atoms with van der Waals surface area (Å²) in [5, 5.41) is 3.47. The fraction of sp³-hybridized carbons (Fsp3) is 0.360. The van der Waals surface area contributed by atoms with E-state index in [9.17, 15) is 9.59 Å². The molecule has 3 aromatic rings. The second-order valence-corrected chi connectivity index (χ2v) is 8.21. The summed E-state index contributed by atoms with van der Waals surface area (Å²) >= 11 is 0. The molecule has 1 aromatic carbocycles. The molecule has 0 spiro atoms. The van der Waals surface area contributed by atoms with Crippen LogP contribution in [-0.2, 0) is 22.5 Å². The van der Waals surface area contributed by atoms with Gasteiger partial charge in [-0.3, -0.25) is 14.7 Å². The molecule has 2 aromatic heterocycles. The topological polar surface area (TPSA) is 84.4 Å². The van der Waals surface area contributed by atoms with Crippen molar-refractivity contribution in [1.82, 2.24) is 14.9 Å². The van der Waals surface area contributed by atoms with Crippen LogP contribution in [0.5, 0.6) is 0 Å². The Hall–Kier alpha value is -3.32. The van der Waals surface area contributed by atoms with E-state index < -0.39 is 18.0 Å². The van der Waals surface area contributed by atoms with E-state index in [4.69, 9.17) is 9.72 Å².